The molecule has 0 saturated heterocycles. The van der Waals surface area contributed by atoms with E-state index in [1.165, 1.54) is 0 Å². The highest BCUT2D eigenvalue weighted by molar-refractivity contribution is 7.80. The molecule has 2 rings (SSSR count). The first-order valence-electron chi connectivity index (χ1n) is 8.95. The van der Waals surface area contributed by atoms with Crippen molar-refractivity contribution in [1.82, 2.24) is 5.32 Å². The minimum absolute atomic E-state index is 0.0382. The first kappa shape index (κ1) is 20.7. The summed E-state index contributed by atoms with van der Waals surface area (Å²) in [6.07, 6.45) is 0.0382. The van der Waals surface area contributed by atoms with Crippen LogP contribution in [0.4, 0.5) is 5.69 Å². The predicted octanol–water partition coefficient (Wildman–Crippen LogP) is 4.64. The van der Waals surface area contributed by atoms with E-state index >= 15 is 0 Å². The van der Waals surface area contributed by atoms with Gasteiger partial charge in [-0.2, -0.15) is 0 Å². The van der Waals surface area contributed by atoms with Gasteiger partial charge in [-0.15, -0.1) is 0 Å². The third-order valence-corrected chi connectivity index (χ3v) is 3.57. The Morgan fingerprint density at radius 1 is 1.04 bits per heavy atom. The zero-order valence-electron chi connectivity index (χ0n) is 16.1. The number of carbonyl (C=O) groups is 1. The number of rotatable bonds is 7. The topological polar surface area (TPSA) is 59.6 Å². The highest BCUT2D eigenvalue weighted by Crippen LogP contribution is 2.18. The Morgan fingerprint density at radius 2 is 1.74 bits per heavy atom. The summed E-state index contributed by atoms with van der Waals surface area (Å²) >= 11 is 5.25. The zero-order chi connectivity index (χ0) is 19.8. The van der Waals surface area contributed by atoms with Crippen LogP contribution in [0.1, 0.15) is 38.1 Å². The van der Waals surface area contributed by atoms with E-state index in [1.54, 1.807) is 18.2 Å². The molecule has 0 aliphatic heterocycles. The van der Waals surface area contributed by atoms with Crippen LogP contribution in [-0.2, 0) is 0 Å². The van der Waals surface area contributed by atoms with Gasteiger partial charge < -0.3 is 14.8 Å². The van der Waals surface area contributed by atoms with Gasteiger partial charge in [0.05, 0.1) is 12.7 Å². The normalized spacial score (nSPS) is 10.6. The number of hydrogen-bond donors (Lipinski definition) is 2. The summed E-state index contributed by atoms with van der Waals surface area (Å²) < 4.78 is 11.3. The summed E-state index contributed by atoms with van der Waals surface area (Å²) in [5.41, 5.74) is 1.23. The number of benzene rings is 2. The molecule has 6 heteroatoms. The lowest BCUT2D eigenvalue weighted by Gasteiger charge is -2.13. The average Bonchev–Trinajstić information content (AvgIpc) is 2.60. The van der Waals surface area contributed by atoms with Gasteiger partial charge in [0.1, 0.15) is 11.5 Å². The van der Waals surface area contributed by atoms with Crippen molar-refractivity contribution in [3.05, 3.63) is 54.1 Å². The monoisotopic (exact) mass is 386 g/mol. The van der Waals surface area contributed by atoms with Crippen LogP contribution >= 0.6 is 12.2 Å². The van der Waals surface area contributed by atoms with Gasteiger partial charge in [-0.05, 0) is 62.3 Å². The molecule has 2 aromatic carbocycles. The lowest BCUT2D eigenvalue weighted by molar-refractivity contribution is 0.0977. The van der Waals surface area contributed by atoms with Gasteiger partial charge in [-0.1, -0.05) is 26.0 Å². The second kappa shape index (κ2) is 9.92. The smallest absolute Gasteiger partial charge is 0.257 e. The molecule has 0 bridgehead atoms. The molecule has 0 spiro atoms. The Bertz CT molecular complexity index is 791. The Hall–Kier alpha value is -2.60. The van der Waals surface area contributed by atoms with Gasteiger partial charge in [-0.25, -0.2) is 0 Å². The van der Waals surface area contributed by atoms with Crippen molar-refractivity contribution >= 4 is 28.9 Å². The number of ether oxygens (including phenoxy) is 2. The van der Waals surface area contributed by atoms with Crippen LogP contribution in [0, 0.1) is 5.92 Å². The Kier molecular flexibility index (Phi) is 7.61. The maximum atomic E-state index is 12.4. The van der Waals surface area contributed by atoms with Crippen molar-refractivity contribution in [3.8, 4) is 11.5 Å². The van der Waals surface area contributed by atoms with Crippen LogP contribution in [0.3, 0.4) is 0 Å². The van der Waals surface area contributed by atoms with Gasteiger partial charge in [-0.3, -0.25) is 10.1 Å². The number of carbonyl (C=O) groups excluding carboxylic acids is 1. The van der Waals surface area contributed by atoms with E-state index in [0.29, 0.717) is 23.8 Å². The molecule has 2 aromatic rings. The van der Waals surface area contributed by atoms with Crippen LogP contribution in [0.25, 0.3) is 0 Å². The Balaban J connectivity index is 1.95. The van der Waals surface area contributed by atoms with E-state index in [-0.39, 0.29) is 17.1 Å². The summed E-state index contributed by atoms with van der Waals surface area (Å²) in [7, 11) is 0. The van der Waals surface area contributed by atoms with Crippen molar-refractivity contribution in [2.45, 2.75) is 33.8 Å². The zero-order valence-corrected chi connectivity index (χ0v) is 16.9. The molecule has 2 N–H and O–H groups in total. The Labute approximate surface area is 166 Å². The van der Waals surface area contributed by atoms with Crippen LogP contribution < -0.4 is 20.1 Å². The molecule has 0 unspecified atom stereocenters. The summed E-state index contributed by atoms with van der Waals surface area (Å²) in [6.45, 7) is 8.69. The highest BCUT2D eigenvalue weighted by Gasteiger charge is 2.10. The van der Waals surface area contributed by atoms with Crippen molar-refractivity contribution in [2.24, 2.45) is 5.92 Å². The molecule has 0 atom stereocenters. The molecule has 0 radical (unpaired) electrons. The summed E-state index contributed by atoms with van der Waals surface area (Å²) in [5, 5.41) is 5.90. The molecular formula is C21H26N2O3S. The fraction of sp³-hybridized carbons (Fsp3) is 0.333. The van der Waals surface area contributed by atoms with Gasteiger partial charge in [0.2, 0.25) is 0 Å². The summed E-state index contributed by atoms with van der Waals surface area (Å²) in [6, 6.07) is 14.5. The largest absolute Gasteiger partial charge is 0.493 e. The molecule has 5 nitrogen and oxygen atoms in total. The second-order valence-electron chi connectivity index (χ2n) is 6.84. The molecule has 27 heavy (non-hydrogen) atoms. The van der Waals surface area contributed by atoms with Crippen LogP contribution in [-0.4, -0.2) is 23.7 Å². The van der Waals surface area contributed by atoms with E-state index in [0.717, 1.165) is 11.4 Å². The van der Waals surface area contributed by atoms with E-state index in [4.69, 9.17) is 21.7 Å². The minimum Gasteiger partial charge on any atom is -0.493 e. The van der Waals surface area contributed by atoms with E-state index in [9.17, 15) is 4.79 Å². The summed E-state index contributed by atoms with van der Waals surface area (Å²) in [5.74, 6) is 1.54. The van der Waals surface area contributed by atoms with Crippen molar-refractivity contribution in [1.29, 1.82) is 0 Å². The molecule has 0 aliphatic rings. The fourth-order valence-electron chi connectivity index (χ4n) is 2.25. The number of thiocarbonyl (C=S) groups is 1. The van der Waals surface area contributed by atoms with Crippen molar-refractivity contribution in [3.63, 3.8) is 0 Å². The maximum Gasteiger partial charge on any atom is 0.257 e. The third-order valence-electron chi connectivity index (χ3n) is 3.37. The molecule has 0 aliphatic carbocycles. The standard InChI is InChI=1S/C21H26N2O3S/c1-14(2)13-25-18-9-6-8-17(12-18)22-21(27)23-20(24)16-7-5-10-19(11-16)26-15(3)4/h5-12,14-15H,13H2,1-4H3,(H2,22,23,24,27). The van der Waals surface area contributed by atoms with E-state index in [2.05, 4.69) is 24.5 Å². The summed E-state index contributed by atoms with van der Waals surface area (Å²) in [4.78, 5) is 12.4. The fourth-order valence-corrected chi connectivity index (χ4v) is 2.46. The second-order valence-corrected chi connectivity index (χ2v) is 7.24. The molecule has 0 aromatic heterocycles. The van der Waals surface area contributed by atoms with Crippen LogP contribution in [0.5, 0.6) is 11.5 Å². The number of hydrogen-bond acceptors (Lipinski definition) is 4. The highest BCUT2D eigenvalue weighted by atomic mass is 32.1. The SMILES string of the molecule is CC(C)COc1cccc(NC(=S)NC(=O)c2cccc(OC(C)C)c2)c1. The van der Waals surface area contributed by atoms with Gasteiger partial charge in [0.25, 0.3) is 5.91 Å². The maximum absolute atomic E-state index is 12.4. The molecular weight excluding hydrogens is 360 g/mol. The molecule has 1 amide bonds. The van der Waals surface area contributed by atoms with Crippen LogP contribution in [0.2, 0.25) is 0 Å². The van der Waals surface area contributed by atoms with Gasteiger partial charge in [0.15, 0.2) is 5.11 Å². The number of amides is 1. The first-order chi connectivity index (χ1) is 12.8. The molecule has 0 saturated carbocycles. The van der Waals surface area contributed by atoms with E-state index in [1.807, 2.05) is 44.2 Å². The minimum atomic E-state index is -0.297. The molecule has 144 valence electrons. The molecule has 0 heterocycles. The molecule has 0 fully saturated rings. The quantitative estimate of drug-likeness (QED) is 0.679. The van der Waals surface area contributed by atoms with Crippen molar-refractivity contribution < 1.29 is 14.3 Å². The third kappa shape index (κ3) is 7.27. The van der Waals surface area contributed by atoms with Gasteiger partial charge >= 0.3 is 0 Å². The number of anilines is 1. The lowest BCUT2D eigenvalue weighted by Crippen LogP contribution is -2.34. The lowest BCUT2D eigenvalue weighted by atomic mass is 10.2. The number of nitrogens with one attached hydrogen (secondary N) is 2. The predicted molar refractivity (Wildman–Crippen MR) is 113 cm³/mol. The average molecular weight is 387 g/mol. The van der Waals surface area contributed by atoms with Crippen LogP contribution in [0.15, 0.2) is 48.5 Å². The van der Waals surface area contributed by atoms with E-state index < -0.39 is 0 Å². The Morgan fingerprint density at radius 3 is 2.44 bits per heavy atom. The van der Waals surface area contributed by atoms with Crippen molar-refractivity contribution in [2.75, 3.05) is 11.9 Å². The van der Waals surface area contributed by atoms with Gasteiger partial charge in [0, 0.05) is 17.3 Å². The first-order valence-corrected chi connectivity index (χ1v) is 9.36.